The van der Waals surface area contributed by atoms with E-state index in [1.807, 2.05) is 50.5 Å². The Bertz CT molecular complexity index is 968. The molecule has 1 fully saturated rings. The zero-order chi connectivity index (χ0) is 20.4. The smallest absolute Gasteiger partial charge is 0.220 e. The summed E-state index contributed by atoms with van der Waals surface area (Å²) in [6, 6.07) is 5.93. The topological polar surface area (TPSA) is 93.2 Å². The first kappa shape index (κ1) is 20.1. The second-order valence-corrected chi connectivity index (χ2v) is 6.99. The average Bonchev–Trinajstić information content (AvgIpc) is 3.34. The third kappa shape index (κ3) is 3.67. The van der Waals surface area contributed by atoms with Gasteiger partial charge in [0, 0.05) is 12.0 Å². The van der Waals surface area contributed by atoms with Crippen LogP contribution in [0.2, 0.25) is 0 Å². The van der Waals surface area contributed by atoms with Gasteiger partial charge in [-0.05, 0) is 44.9 Å². The highest BCUT2D eigenvalue weighted by molar-refractivity contribution is 5.84. The normalized spacial score (nSPS) is 17.4. The lowest BCUT2D eigenvalue weighted by Crippen LogP contribution is -2.23. The molecule has 2 N–H and O–H groups in total. The predicted molar refractivity (Wildman–Crippen MR) is 108 cm³/mol. The Kier molecular flexibility index (Phi) is 5.84. The van der Waals surface area contributed by atoms with Gasteiger partial charge in [0.05, 0.1) is 35.4 Å². The van der Waals surface area contributed by atoms with E-state index < -0.39 is 6.10 Å². The Morgan fingerprint density at radius 2 is 2.11 bits per heavy atom. The summed E-state index contributed by atoms with van der Waals surface area (Å²) in [6.45, 7) is 10.00. The highest BCUT2D eigenvalue weighted by atomic mass is 16.5. The SMILES string of the molecule is CC.Cc1noc(C)c1-c1ccc2c(c1)nc([C@@H]1CCC(=O)N1)n2CC(C)O. The lowest BCUT2D eigenvalue weighted by atomic mass is 10.0. The zero-order valence-corrected chi connectivity index (χ0v) is 17.1. The first-order valence-electron chi connectivity index (χ1n) is 9.85. The summed E-state index contributed by atoms with van der Waals surface area (Å²) in [5.74, 6) is 1.61. The van der Waals surface area contributed by atoms with E-state index in [0.29, 0.717) is 13.0 Å². The van der Waals surface area contributed by atoms with Crippen molar-refractivity contribution in [3.05, 3.63) is 35.5 Å². The summed E-state index contributed by atoms with van der Waals surface area (Å²) in [4.78, 5) is 16.4. The van der Waals surface area contributed by atoms with Crippen LogP contribution in [0.1, 0.15) is 56.9 Å². The van der Waals surface area contributed by atoms with Gasteiger partial charge in [-0.15, -0.1) is 0 Å². The minimum atomic E-state index is -0.509. The van der Waals surface area contributed by atoms with Crippen LogP contribution in [0.15, 0.2) is 22.7 Å². The highest BCUT2D eigenvalue weighted by Gasteiger charge is 2.28. The molecule has 2 aromatic heterocycles. The van der Waals surface area contributed by atoms with Crippen LogP contribution in [-0.2, 0) is 11.3 Å². The van der Waals surface area contributed by atoms with Crippen molar-refractivity contribution in [1.82, 2.24) is 20.0 Å². The van der Waals surface area contributed by atoms with E-state index in [9.17, 15) is 9.90 Å². The number of hydrogen-bond acceptors (Lipinski definition) is 5. The number of carbonyl (C=O) groups excluding carboxylic acids is 1. The third-order valence-corrected chi connectivity index (χ3v) is 4.85. The number of rotatable bonds is 4. The number of carbonyl (C=O) groups is 1. The molecule has 7 heteroatoms. The zero-order valence-electron chi connectivity index (χ0n) is 17.1. The highest BCUT2D eigenvalue weighted by Crippen LogP contribution is 2.32. The number of nitrogens with one attached hydrogen (secondary N) is 1. The third-order valence-electron chi connectivity index (χ3n) is 4.85. The number of aromatic nitrogens is 3. The van der Waals surface area contributed by atoms with E-state index in [2.05, 4.69) is 10.5 Å². The standard InChI is InChI=1S/C19H22N4O3.C2H6/c1-10(24)9-23-16-6-4-13(18-11(2)22-26-12(18)3)8-15(16)21-19(23)14-5-7-17(25)20-14;1-2/h4,6,8,10,14,24H,5,7,9H2,1-3H3,(H,20,25);1-2H3/t10?,14-;/m0./s1. The number of imidazole rings is 1. The fourth-order valence-electron chi connectivity index (χ4n) is 3.73. The molecule has 1 aliphatic heterocycles. The Morgan fingerprint density at radius 1 is 1.36 bits per heavy atom. The fraction of sp³-hybridized carbons (Fsp3) is 0.476. The molecular formula is C21H28N4O3. The molecule has 1 saturated heterocycles. The molecule has 0 radical (unpaired) electrons. The molecule has 2 atom stereocenters. The molecule has 1 aliphatic rings. The number of amides is 1. The number of fused-ring (bicyclic) bond motifs is 1. The van der Waals surface area contributed by atoms with Crippen LogP contribution < -0.4 is 5.32 Å². The van der Waals surface area contributed by atoms with Crippen LogP contribution in [0.25, 0.3) is 22.2 Å². The maximum atomic E-state index is 11.6. The van der Waals surface area contributed by atoms with Crippen molar-refractivity contribution in [3.8, 4) is 11.1 Å². The summed E-state index contributed by atoms with van der Waals surface area (Å²) < 4.78 is 7.29. The van der Waals surface area contributed by atoms with Gasteiger partial charge >= 0.3 is 0 Å². The summed E-state index contributed by atoms with van der Waals surface area (Å²) in [7, 11) is 0. The Balaban J connectivity index is 0.00000109. The molecule has 0 spiro atoms. The van der Waals surface area contributed by atoms with Gasteiger partial charge in [0.1, 0.15) is 11.6 Å². The van der Waals surface area contributed by atoms with Crippen LogP contribution in [-0.4, -0.2) is 31.8 Å². The Hall–Kier alpha value is -2.67. The minimum absolute atomic E-state index is 0.0436. The Morgan fingerprint density at radius 3 is 2.68 bits per heavy atom. The van der Waals surface area contributed by atoms with Crippen LogP contribution in [0.4, 0.5) is 0 Å². The largest absolute Gasteiger partial charge is 0.392 e. The van der Waals surface area contributed by atoms with Gasteiger partial charge in [-0.2, -0.15) is 0 Å². The van der Waals surface area contributed by atoms with Crippen molar-refractivity contribution >= 4 is 16.9 Å². The number of hydrogen-bond donors (Lipinski definition) is 2. The van der Waals surface area contributed by atoms with E-state index in [1.165, 1.54) is 0 Å². The molecule has 3 heterocycles. The lowest BCUT2D eigenvalue weighted by molar-refractivity contribution is -0.119. The monoisotopic (exact) mass is 384 g/mol. The Labute approximate surface area is 164 Å². The van der Waals surface area contributed by atoms with E-state index in [0.717, 1.165) is 45.9 Å². The van der Waals surface area contributed by atoms with E-state index >= 15 is 0 Å². The number of aliphatic hydroxyl groups excluding tert-OH is 1. The van der Waals surface area contributed by atoms with Gasteiger partial charge in [-0.3, -0.25) is 4.79 Å². The molecule has 7 nitrogen and oxygen atoms in total. The van der Waals surface area contributed by atoms with Gasteiger partial charge in [-0.1, -0.05) is 25.1 Å². The van der Waals surface area contributed by atoms with Crippen molar-refractivity contribution in [2.45, 2.75) is 66.2 Å². The van der Waals surface area contributed by atoms with E-state index in [4.69, 9.17) is 9.51 Å². The fourth-order valence-corrected chi connectivity index (χ4v) is 3.73. The van der Waals surface area contributed by atoms with Gasteiger partial charge < -0.3 is 19.5 Å². The molecule has 0 bridgehead atoms. The van der Waals surface area contributed by atoms with Crippen molar-refractivity contribution < 1.29 is 14.4 Å². The van der Waals surface area contributed by atoms with Crippen LogP contribution >= 0.6 is 0 Å². The lowest BCUT2D eigenvalue weighted by Gasteiger charge is -2.15. The number of nitrogens with zero attached hydrogens (tertiary/aromatic N) is 3. The average molecular weight is 384 g/mol. The molecule has 1 unspecified atom stereocenters. The molecule has 28 heavy (non-hydrogen) atoms. The van der Waals surface area contributed by atoms with Crippen molar-refractivity contribution in [3.63, 3.8) is 0 Å². The molecule has 1 aromatic carbocycles. The van der Waals surface area contributed by atoms with Crippen LogP contribution in [0, 0.1) is 13.8 Å². The molecule has 150 valence electrons. The van der Waals surface area contributed by atoms with Crippen molar-refractivity contribution in [2.24, 2.45) is 0 Å². The van der Waals surface area contributed by atoms with Gasteiger partial charge in [0.15, 0.2) is 0 Å². The summed E-state index contributed by atoms with van der Waals surface area (Å²) in [6.07, 6.45) is 0.719. The van der Waals surface area contributed by atoms with Crippen LogP contribution in [0.5, 0.6) is 0 Å². The molecule has 4 rings (SSSR count). The quantitative estimate of drug-likeness (QED) is 0.716. The van der Waals surface area contributed by atoms with Gasteiger partial charge in [-0.25, -0.2) is 4.98 Å². The van der Waals surface area contributed by atoms with E-state index in [-0.39, 0.29) is 11.9 Å². The van der Waals surface area contributed by atoms with Crippen molar-refractivity contribution in [1.29, 1.82) is 0 Å². The first-order chi connectivity index (χ1) is 13.4. The molecule has 1 amide bonds. The van der Waals surface area contributed by atoms with Crippen LogP contribution in [0.3, 0.4) is 0 Å². The minimum Gasteiger partial charge on any atom is -0.392 e. The molecular weight excluding hydrogens is 356 g/mol. The number of aliphatic hydroxyl groups is 1. The summed E-state index contributed by atoms with van der Waals surface area (Å²) in [5, 5.41) is 16.9. The second kappa shape index (κ2) is 8.14. The second-order valence-electron chi connectivity index (χ2n) is 6.99. The van der Waals surface area contributed by atoms with Gasteiger partial charge in [0.25, 0.3) is 0 Å². The molecule has 0 aliphatic carbocycles. The maximum absolute atomic E-state index is 11.6. The van der Waals surface area contributed by atoms with Gasteiger partial charge in [0.2, 0.25) is 5.91 Å². The number of aryl methyl sites for hydroxylation is 2. The number of benzene rings is 1. The first-order valence-corrected chi connectivity index (χ1v) is 9.85. The molecule has 0 saturated carbocycles. The predicted octanol–water partition coefficient (Wildman–Crippen LogP) is 3.67. The van der Waals surface area contributed by atoms with E-state index in [1.54, 1.807) is 6.92 Å². The summed E-state index contributed by atoms with van der Waals surface area (Å²) in [5.41, 5.74) is 4.59. The maximum Gasteiger partial charge on any atom is 0.220 e. The molecule has 3 aromatic rings. The summed E-state index contributed by atoms with van der Waals surface area (Å²) >= 11 is 0. The van der Waals surface area contributed by atoms with Crippen molar-refractivity contribution in [2.75, 3.05) is 0 Å².